The zero-order valence-corrected chi connectivity index (χ0v) is 9.43. The number of hydrogen-bond donors (Lipinski definition) is 1. The summed E-state index contributed by atoms with van der Waals surface area (Å²) in [4.78, 5) is 0. The van der Waals surface area contributed by atoms with Gasteiger partial charge >= 0.3 is 0 Å². The van der Waals surface area contributed by atoms with E-state index in [0.29, 0.717) is 0 Å². The van der Waals surface area contributed by atoms with E-state index in [1.807, 2.05) is 30.3 Å². The fourth-order valence-electron chi connectivity index (χ4n) is 1.49. The second-order valence-corrected chi connectivity index (χ2v) is 3.42. The largest absolute Gasteiger partial charge is 0.489 e. The van der Waals surface area contributed by atoms with Gasteiger partial charge in [-0.15, -0.1) is 12.4 Å². The van der Waals surface area contributed by atoms with Crippen LogP contribution in [0.25, 0.3) is 0 Å². The van der Waals surface area contributed by atoms with Crippen molar-refractivity contribution in [1.29, 1.82) is 0 Å². The van der Waals surface area contributed by atoms with Crippen molar-refractivity contribution in [3.63, 3.8) is 0 Å². The quantitative estimate of drug-likeness (QED) is 0.798. The molecule has 0 amide bonds. The first-order chi connectivity index (χ1) is 6.95. The average Bonchev–Trinajstić information content (AvgIpc) is 2.29. The van der Waals surface area contributed by atoms with Crippen molar-refractivity contribution in [1.82, 2.24) is 5.32 Å². The smallest absolute Gasteiger partial charge is 0.119 e. The summed E-state index contributed by atoms with van der Waals surface area (Å²) in [5.74, 6) is 0.951. The summed E-state index contributed by atoms with van der Waals surface area (Å²) in [7, 11) is 0. The van der Waals surface area contributed by atoms with Gasteiger partial charge in [-0.05, 0) is 30.7 Å². The van der Waals surface area contributed by atoms with Crippen LogP contribution in [0.15, 0.2) is 42.0 Å². The molecule has 2 nitrogen and oxygen atoms in total. The van der Waals surface area contributed by atoms with Crippen LogP contribution in [-0.4, -0.2) is 19.7 Å². The molecule has 0 bridgehead atoms. The van der Waals surface area contributed by atoms with Crippen molar-refractivity contribution in [2.75, 3.05) is 19.7 Å². The van der Waals surface area contributed by atoms with Gasteiger partial charge in [0.05, 0.1) is 0 Å². The lowest BCUT2D eigenvalue weighted by Gasteiger charge is -2.14. The van der Waals surface area contributed by atoms with Gasteiger partial charge in [-0.3, -0.25) is 0 Å². The molecule has 15 heavy (non-hydrogen) atoms. The van der Waals surface area contributed by atoms with E-state index in [-0.39, 0.29) is 12.4 Å². The normalized spacial score (nSPS) is 15.1. The van der Waals surface area contributed by atoms with E-state index in [2.05, 4.69) is 11.4 Å². The molecular formula is C12H16ClNO. The fraction of sp³-hybridized carbons (Fsp3) is 0.333. The van der Waals surface area contributed by atoms with E-state index >= 15 is 0 Å². The number of nitrogens with one attached hydrogen (secondary N) is 1. The number of ether oxygens (including phenoxy) is 1. The highest BCUT2D eigenvalue weighted by molar-refractivity contribution is 5.85. The van der Waals surface area contributed by atoms with Crippen LogP contribution in [0.4, 0.5) is 0 Å². The van der Waals surface area contributed by atoms with E-state index in [1.165, 1.54) is 5.57 Å². The molecule has 0 radical (unpaired) electrons. The topological polar surface area (TPSA) is 21.3 Å². The van der Waals surface area contributed by atoms with Crippen molar-refractivity contribution in [2.45, 2.75) is 6.42 Å². The Hall–Kier alpha value is -0.990. The molecule has 1 aliphatic heterocycles. The number of halogens is 1. The second kappa shape index (κ2) is 6.49. The standard InChI is InChI=1S/C12H15NO.ClH/c1-2-4-12(5-3-1)14-10-11-6-8-13-9-7-11;/h1-6,13H,7-10H2;1H. The Morgan fingerprint density at radius 3 is 2.67 bits per heavy atom. The van der Waals surface area contributed by atoms with Crippen LogP contribution >= 0.6 is 12.4 Å². The minimum absolute atomic E-state index is 0. The SMILES string of the molecule is C1=C(COc2ccccc2)CCNC1.Cl. The number of benzene rings is 1. The van der Waals surface area contributed by atoms with E-state index in [1.54, 1.807) is 0 Å². The Morgan fingerprint density at radius 2 is 2.00 bits per heavy atom. The minimum Gasteiger partial charge on any atom is -0.489 e. The van der Waals surface area contributed by atoms with E-state index in [4.69, 9.17) is 4.74 Å². The molecule has 0 unspecified atom stereocenters. The summed E-state index contributed by atoms with van der Waals surface area (Å²) in [6.45, 7) is 2.78. The zero-order chi connectivity index (χ0) is 9.64. The van der Waals surface area contributed by atoms with Gasteiger partial charge in [-0.2, -0.15) is 0 Å². The highest BCUT2D eigenvalue weighted by atomic mass is 35.5. The maximum atomic E-state index is 5.65. The summed E-state index contributed by atoms with van der Waals surface area (Å²) in [6.07, 6.45) is 3.32. The first kappa shape index (κ1) is 12.1. The molecule has 1 aliphatic rings. The van der Waals surface area contributed by atoms with Crippen LogP contribution in [0.2, 0.25) is 0 Å². The lowest BCUT2D eigenvalue weighted by molar-refractivity contribution is 0.344. The highest BCUT2D eigenvalue weighted by Crippen LogP contribution is 2.11. The summed E-state index contributed by atoms with van der Waals surface area (Å²) in [5, 5.41) is 3.28. The van der Waals surface area contributed by atoms with Gasteiger partial charge in [0.2, 0.25) is 0 Å². The molecule has 0 saturated carbocycles. The molecule has 1 N–H and O–H groups in total. The third kappa shape index (κ3) is 3.94. The van der Waals surface area contributed by atoms with Crippen molar-refractivity contribution < 1.29 is 4.74 Å². The molecule has 0 aromatic heterocycles. The molecular weight excluding hydrogens is 210 g/mol. The third-order valence-electron chi connectivity index (χ3n) is 2.33. The number of hydrogen-bond acceptors (Lipinski definition) is 2. The molecule has 0 aliphatic carbocycles. The lowest BCUT2D eigenvalue weighted by atomic mass is 10.1. The highest BCUT2D eigenvalue weighted by Gasteiger charge is 2.02. The first-order valence-electron chi connectivity index (χ1n) is 5.01. The van der Waals surface area contributed by atoms with Gasteiger partial charge in [0.15, 0.2) is 0 Å². The maximum absolute atomic E-state index is 5.65. The molecule has 0 saturated heterocycles. The predicted octanol–water partition coefficient (Wildman–Crippen LogP) is 2.41. The molecule has 1 heterocycles. The van der Waals surface area contributed by atoms with Gasteiger partial charge in [0.25, 0.3) is 0 Å². The van der Waals surface area contributed by atoms with Crippen LogP contribution in [0, 0.1) is 0 Å². The second-order valence-electron chi connectivity index (χ2n) is 3.42. The molecule has 2 rings (SSSR count). The van der Waals surface area contributed by atoms with E-state index in [9.17, 15) is 0 Å². The van der Waals surface area contributed by atoms with Gasteiger partial charge in [-0.25, -0.2) is 0 Å². The van der Waals surface area contributed by atoms with Crippen LogP contribution < -0.4 is 10.1 Å². The Balaban J connectivity index is 0.00000112. The van der Waals surface area contributed by atoms with Crippen molar-refractivity contribution in [3.05, 3.63) is 42.0 Å². The monoisotopic (exact) mass is 225 g/mol. The molecule has 0 spiro atoms. The molecule has 82 valence electrons. The molecule has 0 atom stereocenters. The number of rotatable bonds is 3. The van der Waals surface area contributed by atoms with Crippen molar-refractivity contribution in [3.8, 4) is 5.75 Å². The molecule has 1 aromatic rings. The fourth-order valence-corrected chi connectivity index (χ4v) is 1.49. The summed E-state index contributed by atoms with van der Waals surface area (Å²) >= 11 is 0. The summed E-state index contributed by atoms with van der Waals surface area (Å²) in [6, 6.07) is 9.96. The van der Waals surface area contributed by atoms with E-state index < -0.39 is 0 Å². The van der Waals surface area contributed by atoms with Crippen molar-refractivity contribution >= 4 is 12.4 Å². The Morgan fingerprint density at radius 1 is 1.20 bits per heavy atom. The third-order valence-corrected chi connectivity index (χ3v) is 2.33. The zero-order valence-electron chi connectivity index (χ0n) is 8.61. The van der Waals surface area contributed by atoms with E-state index in [0.717, 1.165) is 31.9 Å². The number of para-hydroxylation sites is 1. The van der Waals surface area contributed by atoms with Crippen LogP contribution in [0.5, 0.6) is 5.75 Å². The van der Waals surface area contributed by atoms with Crippen LogP contribution in [-0.2, 0) is 0 Å². The molecule has 1 aromatic carbocycles. The van der Waals surface area contributed by atoms with Crippen LogP contribution in [0.3, 0.4) is 0 Å². The summed E-state index contributed by atoms with van der Waals surface area (Å²) in [5.41, 5.74) is 1.40. The minimum atomic E-state index is 0. The summed E-state index contributed by atoms with van der Waals surface area (Å²) < 4.78 is 5.65. The molecule has 3 heteroatoms. The van der Waals surface area contributed by atoms with Gasteiger partial charge < -0.3 is 10.1 Å². The van der Waals surface area contributed by atoms with Gasteiger partial charge in [-0.1, -0.05) is 24.3 Å². The Bertz CT molecular complexity index is 311. The molecule has 0 fully saturated rings. The lowest BCUT2D eigenvalue weighted by Crippen LogP contribution is -2.22. The van der Waals surface area contributed by atoms with Gasteiger partial charge in [0, 0.05) is 6.54 Å². The Kier molecular flexibility index (Phi) is 5.22. The Labute approximate surface area is 96.7 Å². The first-order valence-corrected chi connectivity index (χ1v) is 5.01. The average molecular weight is 226 g/mol. The van der Waals surface area contributed by atoms with Crippen molar-refractivity contribution in [2.24, 2.45) is 0 Å². The van der Waals surface area contributed by atoms with Gasteiger partial charge in [0.1, 0.15) is 12.4 Å². The predicted molar refractivity (Wildman–Crippen MR) is 64.8 cm³/mol. The van der Waals surface area contributed by atoms with Crippen LogP contribution in [0.1, 0.15) is 6.42 Å². The maximum Gasteiger partial charge on any atom is 0.119 e.